The topological polar surface area (TPSA) is 9.23 Å². The van der Waals surface area contributed by atoms with Gasteiger partial charge in [-0.05, 0) is 98.1 Å². The second-order valence-corrected chi connectivity index (χ2v) is 9.25. The summed E-state index contributed by atoms with van der Waals surface area (Å²) in [6, 6.07) is 1.52. The van der Waals surface area contributed by atoms with Gasteiger partial charge >= 0.3 is 0 Å². The molecular weight excluding hydrogens is 342 g/mol. The zero-order chi connectivity index (χ0) is 19.0. The second-order valence-electron chi connectivity index (χ2n) is 9.25. The predicted octanol–water partition coefficient (Wildman–Crippen LogP) is 6.49. The average molecular weight is 375 g/mol. The maximum absolute atomic E-state index is 14.8. The van der Waals surface area contributed by atoms with E-state index >= 15 is 0 Å². The van der Waals surface area contributed by atoms with Crippen molar-refractivity contribution in [2.24, 2.45) is 29.6 Å². The van der Waals surface area contributed by atoms with Gasteiger partial charge in [0.1, 0.15) is 6.61 Å². The molecule has 3 aliphatic rings. The van der Waals surface area contributed by atoms with E-state index in [1.54, 1.807) is 0 Å². The molecule has 0 amide bonds. The van der Waals surface area contributed by atoms with Crippen LogP contribution in [0.15, 0.2) is 18.7 Å². The molecule has 2 saturated carbocycles. The first-order valence-corrected chi connectivity index (χ1v) is 10.8. The smallest absolute Gasteiger partial charge is 0.191 e. The molecule has 0 bridgehead atoms. The third kappa shape index (κ3) is 3.79. The van der Waals surface area contributed by atoms with Crippen molar-refractivity contribution in [3.8, 4) is 5.75 Å². The SMILES string of the molecule is C=CCOc1c(F)cc2c(c1F)CCC(C1CCC3CC(C)CCC3C1)C2. The third-order valence-corrected chi connectivity index (χ3v) is 7.54. The number of rotatable bonds is 4. The van der Waals surface area contributed by atoms with Gasteiger partial charge in [-0.2, -0.15) is 0 Å². The minimum Gasteiger partial charge on any atom is -0.483 e. The maximum atomic E-state index is 14.8. The highest BCUT2D eigenvalue weighted by atomic mass is 19.1. The summed E-state index contributed by atoms with van der Waals surface area (Å²) in [5.74, 6) is 2.74. The van der Waals surface area contributed by atoms with Crippen LogP contribution in [-0.4, -0.2) is 6.61 Å². The Hall–Kier alpha value is -1.38. The Balaban J connectivity index is 1.46. The number of halogens is 2. The lowest BCUT2D eigenvalue weighted by atomic mass is 9.61. The molecule has 0 heterocycles. The molecule has 1 aromatic rings. The fraction of sp³-hybridized carbons (Fsp3) is 0.667. The van der Waals surface area contributed by atoms with Gasteiger partial charge in [0.15, 0.2) is 17.4 Å². The molecule has 4 rings (SSSR count). The van der Waals surface area contributed by atoms with Gasteiger partial charge in [-0.15, -0.1) is 0 Å². The van der Waals surface area contributed by atoms with E-state index in [2.05, 4.69) is 13.5 Å². The van der Waals surface area contributed by atoms with E-state index in [1.807, 2.05) is 0 Å². The van der Waals surface area contributed by atoms with Crippen LogP contribution in [0.4, 0.5) is 8.78 Å². The fourth-order valence-corrected chi connectivity index (χ4v) is 6.12. The van der Waals surface area contributed by atoms with Crippen molar-refractivity contribution in [2.75, 3.05) is 6.61 Å². The van der Waals surface area contributed by atoms with Gasteiger partial charge in [0.25, 0.3) is 0 Å². The van der Waals surface area contributed by atoms with Crippen LogP contribution >= 0.6 is 0 Å². The monoisotopic (exact) mass is 374 g/mol. The molecule has 148 valence electrons. The van der Waals surface area contributed by atoms with Crippen LogP contribution in [-0.2, 0) is 12.8 Å². The Kier molecular flexibility index (Phi) is 5.57. The molecule has 0 spiro atoms. The summed E-state index contributed by atoms with van der Waals surface area (Å²) >= 11 is 0. The number of fused-ring (bicyclic) bond motifs is 2. The highest BCUT2D eigenvalue weighted by Crippen LogP contribution is 2.48. The third-order valence-electron chi connectivity index (χ3n) is 7.54. The maximum Gasteiger partial charge on any atom is 0.191 e. The summed E-state index contributed by atoms with van der Waals surface area (Å²) in [6.45, 7) is 6.07. The number of hydrogen-bond acceptors (Lipinski definition) is 1. The largest absolute Gasteiger partial charge is 0.483 e. The molecule has 0 aliphatic heterocycles. The summed E-state index contributed by atoms with van der Waals surface area (Å²) in [7, 11) is 0. The molecule has 0 N–H and O–H groups in total. The van der Waals surface area contributed by atoms with E-state index in [4.69, 9.17) is 4.74 Å². The summed E-state index contributed by atoms with van der Waals surface area (Å²) in [5, 5.41) is 0. The van der Waals surface area contributed by atoms with Gasteiger partial charge in [0.05, 0.1) is 0 Å². The lowest BCUT2D eigenvalue weighted by Crippen LogP contribution is -2.34. The Bertz CT molecular complexity index is 698. The number of ether oxygens (including phenoxy) is 1. The van der Waals surface area contributed by atoms with Crippen LogP contribution in [0, 0.1) is 41.2 Å². The summed E-state index contributed by atoms with van der Waals surface area (Å²) < 4.78 is 34.4. The lowest BCUT2D eigenvalue weighted by molar-refractivity contribution is 0.0755. The Labute approximate surface area is 162 Å². The Morgan fingerprint density at radius 3 is 2.52 bits per heavy atom. The number of benzene rings is 1. The normalized spacial score (nSPS) is 33.1. The van der Waals surface area contributed by atoms with E-state index in [0.29, 0.717) is 17.9 Å². The fourth-order valence-electron chi connectivity index (χ4n) is 6.12. The standard InChI is InChI=1S/C24H32F2O/c1-3-10-27-24-22(25)14-20-13-19(8-9-21(20)23(24)26)18-7-6-16-11-15(2)4-5-17(16)12-18/h3,14-19H,1,4-13H2,2H3. The van der Waals surface area contributed by atoms with Crippen LogP contribution in [0.25, 0.3) is 0 Å². The van der Waals surface area contributed by atoms with Gasteiger partial charge in [-0.3, -0.25) is 0 Å². The first-order chi connectivity index (χ1) is 13.1. The summed E-state index contributed by atoms with van der Waals surface area (Å²) in [6.07, 6.45) is 12.2. The molecule has 5 atom stereocenters. The first-order valence-electron chi connectivity index (χ1n) is 10.8. The van der Waals surface area contributed by atoms with Crippen molar-refractivity contribution < 1.29 is 13.5 Å². The van der Waals surface area contributed by atoms with Crippen molar-refractivity contribution in [2.45, 2.75) is 64.7 Å². The molecule has 1 nitrogen and oxygen atoms in total. The Morgan fingerprint density at radius 2 is 1.74 bits per heavy atom. The van der Waals surface area contributed by atoms with Gasteiger partial charge in [-0.25, -0.2) is 8.78 Å². The summed E-state index contributed by atoms with van der Waals surface area (Å²) in [5.41, 5.74) is 1.54. The van der Waals surface area contributed by atoms with Crippen molar-refractivity contribution in [3.05, 3.63) is 41.5 Å². The van der Waals surface area contributed by atoms with E-state index in [0.717, 1.165) is 42.1 Å². The molecule has 5 unspecified atom stereocenters. The van der Waals surface area contributed by atoms with Gasteiger partial charge in [-0.1, -0.05) is 26.0 Å². The van der Waals surface area contributed by atoms with E-state index in [1.165, 1.54) is 50.7 Å². The highest BCUT2D eigenvalue weighted by molar-refractivity contribution is 5.41. The molecule has 27 heavy (non-hydrogen) atoms. The quantitative estimate of drug-likeness (QED) is 0.548. The van der Waals surface area contributed by atoms with E-state index in [-0.39, 0.29) is 12.4 Å². The number of hydrogen-bond donors (Lipinski definition) is 0. The van der Waals surface area contributed by atoms with Gasteiger partial charge in [0, 0.05) is 0 Å². The van der Waals surface area contributed by atoms with Gasteiger partial charge in [0.2, 0.25) is 0 Å². The molecule has 0 saturated heterocycles. The minimum absolute atomic E-state index is 0.124. The minimum atomic E-state index is -0.571. The molecule has 3 heteroatoms. The van der Waals surface area contributed by atoms with Crippen molar-refractivity contribution in [1.29, 1.82) is 0 Å². The van der Waals surface area contributed by atoms with Crippen LogP contribution in [0.2, 0.25) is 0 Å². The van der Waals surface area contributed by atoms with Crippen molar-refractivity contribution >= 4 is 0 Å². The van der Waals surface area contributed by atoms with Crippen molar-refractivity contribution in [3.63, 3.8) is 0 Å². The highest BCUT2D eigenvalue weighted by Gasteiger charge is 2.38. The molecule has 0 radical (unpaired) electrons. The first kappa shape index (κ1) is 19.0. The van der Waals surface area contributed by atoms with Crippen LogP contribution in [0.5, 0.6) is 5.75 Å². The summed E-state index contributed by atoms with van der Waals surface area (Å²) in [4.78, 5) is 0. The zero-order valence-electron chi connectivity index (χ0n) is 16.5. The second kappa shape index (κ2) is 7.93. The molecular formula is C24H32F2O. The van der Waals surface area contributed by atoms with Crippen LogP contribution in [0.3, 0.4) is 0 Å². The zero-order valence-corrected chi connectivity index (χ0v) is 16.5. The molecule has 3 aliphatic carbocycles. The molecule has 2 fully saturated rings. The molecule has 1 aromatic carbocycles. The van der Waals surface area contributed by atoms with E-state index in [9.17, 15) is 8.78 Å². The lowest BCUT2D eigenvalue weighted by Gasteiger charge is -2.44. The predicted molar refractivity (Wildman–Crippen MR) is 105 cm³/mol. The van der Waals surface area contributed by atoms with Crippen molar-refractivity contribution in [1.82, 2.24) is 0 Å². The Morgan fingerprint density at radius 1 is 1.04 bits per heavy atom. The molecule has 0 aromatic heterocycles. The average Bonchev–Trinajstić information content (AvgIpc) is 2.67. The van der Waals surface area contributed by atoms with Crippen LogP contribution in [0.1, 0.15) is 63.0 Å². The van der Waals surface area contributed by atoms with Gasteiger partial charge < -0.3 is 4.74 Å². The van der Waals surface area contributed by atoms with Crippen LogP contribution < -0.4 is 4.74 Å². The van der Waals surface area contributed by atoms with E-state index < -0.39 is 11.6 Å².